The molecule has 1 N–H and O–H groups in total. The lowest BCUT2D eigenvalue weighted by Crippen LogP contribution is -2.25. The van der Waals surface area contributed by atoms with Crippen LogP contribution in [-0.2, 0) is 6.42 Å². The molecule has 3 aromatic rings. The predicted octanol–water partition coefficient (Wildman–Crippen LogP) is 3.47. The molecule has 5 nitrogen and oxygen atoms in total. The van der Waals surface area contributed by atoms with E-state index in [-0.39, 0.29) is 5.91 Å². The lowest BCUT2D eigenvalue weighted by molar-refractivity contribution is 0.0953. The Bertz CT molecular complexity index is 802. The molecule has 0 radical (unpaired) electrons. The molecule has 0 saturated heterocycles. The van der Waals surface area contributed by atoms with Crippen LogP contribution in [0.2, 0.25) is 0 Å². The summed E-state index contributed by atoms with van der Waals surface area (Å²) in [5.41, 5.74) is 1.51. The second-order valence-corrected chi connectivity index (χ2v) is 5.81. The smallest absolute Gasteiger partial charge is 0.251 e. The Morgan fingerprint density at radius 1 is 1.13 bits per heavy atom. The van der Waals surface area contributed by atoms with E-state index < -0.39 is 0 Å². The van der Waals surface area contributed by atoms with Crippen molar-refractivity contribution in [1.82, 2.24) is 15.5 Å². The minimum atomic E-state index is -0.130. The van der Waals surface area contributed by atoms with Crippen molar-refractivity contribution < 1.29 is 9.32 Å². The molecule has 0 bridgehead atoms. The van der Waals surface area contributed by atoms with Crippen LogP contribution in [0.15, 0.2) is 63.6 Å². The molecule has 1 aromatic heterocycles. The highest BCUT2D eigenvalue weighted by molar-refractivity contribution is 9.10. The number of benzene rings is 2. The summed E-state index contributed by atoms with van der Waals surface area (Å²) in [5.74, 6) is 0.923. The molecule has 0 atom stereocenters. The second kappa shape index (κ2) is 7.19. The van der Waals surface area contributed by atoms with Crippen LogP contribution in [0.3, 0.4) is 0 Å². The fourth-order valence-corrected chi connectivity index (χ4v) is 2.47. The second-order valence-electron chi connectivity index (χ2n) is 4.89. The maximum Gasteiger partial charge on any atom is 0.251 e. The fraction of sp³-hybridized carbons (Fsp3) is 0.118. The average Bonchev–Trinajstić information content (AvgIpc) is 3.04. The van der Waals surface area contributed by atoms with Gasteiger partial charge < -0.3 is 9.84 Å². The molecule has 0 aliphatic heterocycles. The van der Waals surface area contributed by atoms with E-state index in [9.17, 15) is 4.79 Å². The van der Waals surface area contributed by atoms with Gasteiger partial charge in [0.1, 0.15) is 0 Å². The summed E-state index contributed by atoms with van der Waals surface area (Å²) in [6.07, 6.45) is 0.486. The van der Waals surface area contributed by atoms with Gasteiger partial charge in [-0.05, 0) is 18.2 Å². The third-order valence-corrected chi connectivity index (χ3v) is 3.70. The standard InChI is InChI=1S/C17H14BrN3O2/c18-14-8-4-7-13(11-14)17(22)19-10-9-15-20-16(21-23-15)12-5-2-1-3-6-12/h1-8,11H,9-10H2,(H,19,22). The summed E-state index contributed by atoms with van der Waals surface area (Å²) < 4.78 is 6.08. The van der Waals surface area contributed by atoms with Crippen LogP contribution in [0.25, 0.3) is 11.4 Å². The van der Waals surface area contributed by atoms with E-state index in [0.717, 1.165) is 10.0 Å². The molecule has 0 unspecified atom stereocenters. The van der Waals surface area contributed by atoms with Crippen molar-refractivity contribution in [2.75, 3.05) is 6.54 Å². The Morgan fingerprint density at radius 2 is 1.96 bits per heavy atom. The molecule has 0 spiro atoms. The summed E-state index contributed by atoms with van der Waals surface area (Å²) in [5, 5.41) is 6.79. The van der Waals surface area contributed by atoms with Gasteiger partial charge in [-0.15, -0.1) is 0 Å². The molecular formula is C17H14BrN3O2. The topological polar surface area (TPSA) is 68.0 Å². The first-order valence-electron chi connectivity index (χ1n) is 7.14. The Balaban J connectivity index is 1.55. The van der Waals surface area contributed by atoms with Crippen LogP contribution in [0.5, 0.6) is 0 Å². The highest BCUT2D eigenvalue weighted by Crippen LogP contribution is 2.15. The summed E-state index contributed by atoms with van der Waals surface area (Å²) >= 11 is 3.35. The number of nitrogens with zero attached hydrogens (tertiary/aromatic N) is 2. The van der Waals surface area contributed by atoms with Gasteiger partial charge in [-0.2, -0.15) is 4.98 Å². The van der Waals surface area contributed by atoms with Crippen LogP contribution < -0.4 is 5.32 Å². The molecule has 6 heteroatoms. The van der Waals surface area contributed by atoms with Crippen LogP contribution in [-0.4, -0.2) is 22.6 Å². The Hall–Kier alpha value is -2.47. The Kier molecular flexibility index (Phi) is 4.83. The first-order chi connectivity index (χ1) is 11.2. The molecule has 1 heterocycles. The van der Waals surface area contributed by atoms with E-state index in [1.165, 1.54) is 0 Å². The minimum absolute atomic E-state index is 0.130. The molecule has 3 rings (SSSR count). The van der Waals surface area contributed by atoms with Gasteiger partial charge in [-0.1, -0.05) is 57.5 Å². The highest BCUT2D eigenvalue weighted by Gasteiger charge is 2.09. The molecule has 116 valence electrons. The van der Waals surface area contributed by atoms with Crippen LogP contribution in [0, 0.1) is 0 Å². The zero-order valence-corrected chi connectivity index (χ0v) is 13.8. The van der Waals surface area contributed by atoms with Gasteiger partial charge in [-0.3, -0.25) is 4.79 Å². The third-order valence-electron chi connectivity index (χ3n) is 3.21. The van der Waals surface area contributed by atoms with Gasteiger partial charge in [0, 0.05) is 28.6 Å². The van der Waals surface area contributed by atoms with Gasteiger partial charge in [0.25, 0.3) is 5.91 Å². The number of nitrogens with one attached hydrogen (secondary N) is 1. The maximum atomic E-state index is 12.0. The summed E-state index contributed by atoms with van der Waals surface area (Å²) in [4.78, 5) is 16.3. The van der Waals surface area contributed by atoms with E-state index >= 15 is 0 Å². The van der Waals surface area contributed by atoms with Gasteiger partial charge in [0.05, 0.1) is 0 Å². The zero-order chi connectivity index (χ0) is 16.1. The number of rotatable bonds is 5. The fourth-order valence-electron chi connectivity index (χ4n) is 2.08. The normalized spacial score (nSPS) is 10.5. The number of carbonyl (C=O) groups is 1. The van der Waals surface area contributed by atoms with Crippen LogP contribution >= 0.6 is 15.9 Å². The van der Waals surface area contributed by atoms with Gasteiger partial charge in [-0.25, -0.2) is 0 Å². The number of aromatic nitrogens is 2. The Morgan fingerprint density at radius 3 is 2.74 bits per heavy atom. The molecule has 2 aromatic carbocycles. The number of hydrogen-bond acceptors (Lipinski definition) is 4. The van der Waals surface area contributed by atoms with Crippen molar-refractivity contribution in [3.05, 3.63) is 70.5 Å². The molecule has 0 aliphatic carbocycles. The van der Waals surface area contributed by atoms with E-state index in [4.69, 9.17) is 4.52 Å². The van der Waals surface area contributed by atoms with E-state index in [0.29, 0.717) is 30.2 Å². The number of hydrogen-bond donors (Lipinski definition) is 1. The van der Waals surface area contributed by atoms with Crippen molar-refractivity contribution >= 4 is 21.8 Å². The summed E-state index contributed by atoms with van der Waals surface area (Å²) in [6, 6.07) is 16.8. The molecule has 0 saturated carbocycles. The largest absolute Gasteiger partial charge is 0.352 e. The molecule has 0 fully saturated rings. The van der Waals surface area contributed by atoms with E-state index in [2.05, 4.69) is 31.4 Å². The number of amides is 1. The number of halogens is 1. The van der Waals surface area contributed by atoms with Gasteiger partial charge >= 0.3 is 0 Å². The van der Waals surface area contributed by atoms with Gasteiger partial charge in [0.15, 0.2) is 0 Å². The lowest BCUT2D eigenvalue weighted by atomic mass is 10.2. The first kappa shape index (κ1) is 15.4. The van der Waals surface area contributed by atoms with Crippen LogP contribution in [0.4, 0.5) is 0 Å². The van der Waals surface area contributed by atoms with Gasteiger partial charge in [0.2, 0.25) is 11.7 Å². The van der Waals surface area contributed by atoms with Crippen molar-refractivity contribution in [1.29, 1.82) is 0 Å². The molecular weight excluding hydrogens is 358 g/mol. The molecule has 1 amide bonds. The van der Waals surface area contributed by atoms with E-state index in [1.54, 1.807) is 12.1 Å². The SMILES string of the molecule is O=C(NCCc1nc(-c2ccccc2)no1)c1cccc(Br)c1. The summed E-state index contributed by atoms with van der Waals surface area (Å²) in [6.45, 7) is 0.432. The lowest BCUT2D eigenvalue weighted by Gasteiger charge is -2.03. The zero-order valence-electron chi connectivity index (χ0n) is 12.2. The van der Waals surface area contributed by atoms with Crippen molar-refractivity contribution in [2.24, 2.45) is 0 Å². The minimum Gasteiger partial charge on any atom is -0.352 e. The van der Waals surface area contributed by atoms with E-state index in [1.807, 2.05) is 42.5 Å². The Labute approximate surface area is 141 Å². The monoisotopic (exact) mass is 371 g/mol. The van der Waals surface area contributed by atoms with Crippen molar-refractivity contribution in [2.45, 2.75) is 6.42 Å². The summed E-state index contributed by atoms with van der Waals surface area (Å²) in [7, 11) is 0. The quantitative estimate of drug-likeness (QED) is 0.745. The molecule has 23 heavy (non-hydrogen) atoms. The van der Waals surface area contributed by atoms with Crippen LogP contribution in [0.1, 0.15) is 16.2 Å². The predicted molar refractivity (Wildman–Crippen MR) is 89.9 cm³/mol. The highest BCUT2D eigenvalue weighted by atomic mass is 79.9. The maximum absolute atomic E-state index is 12.0. The van der Waals surface area contributed by atoms with Crippen molar-refractivity contribution in [3.8, 4) is 11.4 Å². The average molecular weight is 372 g/mol. The molecule has 0 aliphatic rings. The number of carbonyl (C=O) groups excluding carboxylic acids is 1. The van der Waals surface area contributed by atoms with Crippen molar-refractivity contribution in [3.63, 3.8) is 0 Å². The third kappa shape index (κ3) is 4.04. The first-order valence-corrected chi connectivity index (χ1v) is 7.93.